The molecule has 6 heteroatoms. The number of hydrogen-bond acceptors (Lipinski definition) is 5. The van der Waals surface area contributed by atoms with Crippen LogP contribution in [0, 0.1) is 0 Å². The number of carbonyl (C=O) groups excluding carboxylic acids is 3. The van der Waals surface area contributed by atoms with Crippen molar-refractivity contribution in [2.75, 3.05) is 13.1 Å². The van der Waals surface area contributed by atoms with Crippen molar-refractivity contribution in [3.63, 3.8) is 0 Å². The fourth-order valence-corrected chi connectivity index (χ4v) is 2.68. The Bertz CT molecular complexity index is 429. The predicted octanol–water partition coefficient (Wildman–Crippen LogP) is 1.24. The van der Waals surface area contributed by atoms with Crippen LogP contribution in [-0.4, -0.2) is 46.9 Å². The molecular weight excluding hydrogens is 260 g/mol. The molecule has 0 bridgehead atoms. The molecule has 0 radical (unpaired) electrons. The van der Waals surface area contributed by atoms with E-state index in [0.29, 0.717) is 38.8 Å². The van der Waals surface area contributed by atoms with Gasteiger partial charge in [0.25, 0.3) is 5.91 Å². The number of amides is 2. The SMILES string of the molecule is CC(C)(C)OC(=O)N1CCNC2(CCC(=O)CC2)C1=O. The highest BCUT2D eigenvalue weighted by Crippen LogP contribution is 2.30. The number of Topliss-reactive ketones (excluding diaryl/α,β-unsaturated/α-hetero) is 1. The van der Waals surface area contributed by atoms with E-state index in [9.17, 15) is 14.4 Å². The van der Waals surface area contributed by atoms with Crippen LogP contribution >= 0.6 is 0 Å². The molecule has 0 unspecified atom stereocenters. The summed E-state index contributed by atoms with van der Waals surface area (Å²) < 4.78 is 5.27. The van der Waals surface area contributed by atoms with Crippen LogP contribution in [0.25, 0.3) is 0 Å². The molecule has 6 nitrogen and oxygen atoms in total. The fraction of sp³-hybridized carbons (Fsp3) is 0.786. The number of nitrogens with one attached hydrogen (secondary N) is 1. The van der Waals surface area contributed by atoms with Gasteiger partial charge in [-0.05, 0) is 33.6 Å². The molecule has 0 aromatic heterocycles. The van der Waals surface area contributed by atoms with Crippen molar-refractivity contribution in [2.24, 2.45) is 0 Å². The summed E-state index contributed by atoms with van der Waals surface area (Å²) >= 11 is 0. The second-order valence-corrected chi connectivity index (χ2v) is 6.48. The van der Waals surface area contributed by atoms with Gasteiger partial charge in [0.1, 0.15) is 11.4 Å². The first kappa shape index (κ1) is 15.0. The van der Waals surface area contributed by atoms with Gasteiger partial charge in [0.15, 0.2) is 0 Å². The molecule has 2 aliphatic rings. The standard InChI is InChI=1S/C14H22N2O4/c1-13(2,3)20-12(19)16-9-8-15-14(11(16)18)6-4-10(17)5-7-14/h15H,4-9H2,1-3H3. The lowest BCUT2D eigenvalue weighted by molar-refractivity contribution is -0.143. The van der Waals surface area contributed by atoms with Crippen molar-refractivity contribution in [1.82, 2.24) is 10.2 Å². The van der Waals surface area contributed by atoms with Crippen molar-refractivity contribution in [1.29, 1.82) is 0 Å². The Labute approximate surface area is 118 Å². The number of hydrogen-bond donors (Lipinski definition) is 1. The first-order chi connectivity index (χ1) is 9.23. The molecule has 0 aromatic carbocycles. The van der Waals surface area contributed by atoms with Crippen LogP contribution in [0.4, 0.5) is 4.79 Å². The van der Waals surface area contributed by atoms with Crippen molar-refractivity contribution in [3.05, 3.63) is 0 Å². The van der Waals surface area contributed by atoms with Gasteiger partial charge in [-0.2, -0.15) is 0 Å². The smallest absolute Gasteiger partial charge is 0.417 e. The molecule has 1 spiro atoms. The maximum atomic E-state index is 12.6. The first-order valence-electron chi connectivity index (χ1n) is 7.05. The lowest BCUT2D eigenvalue weighted by Gasteiger charge is -2.43. The first-order valence-corrected chi connectivity index (χ1v) is 7.05. The lowest BCUT2D eigenvalue weighted by Crippen LogP contribution is -2.66. The number of ketones is 1. The third kappa shape index (κ3) is 3.00. The van der Waals surface area contributed by atoms with Gasteiger partial charge in [-0.1, -0.05) is 0 Å². The van der Waals surface area contributed by atoms with E-state index in [1.54, 1.807) is 20.8 Å². The van der Waals surface area contributed by atoms with Crippen LogP contribution in [0.3, 0.4) is 0 Å². The largest absolute Gasteiger partial charge is 0.443 e. The summed E-state index contributed by atoms with van der Waals surface area (Å²) in [5, 5.41) is 3.20. The van der Waals surface area contributed by atoms with Crippen LogP contribution in [-0.2, 0) is 14.3 Å². The fourth-order valence-electron chi connectivity index (χ4n) is 2.68. The number of rotatable bonds is 0. The van der Waals surface area contributed by atoms with Crippen LogP contribution < -0.4 is 5.32 Å². The van der Waals surface area contributed by atoms with E-state index >= 15 is 0 Å². The maximum absolute atomic E-state index is 12.6. The van der Waals surface area contributed by atoms with Gasteiger partial charge in [0, 0.05) is 25.9 Å². The van der Waals surface area contributed by atoms with E-state index in [4.69, 9.17) is 4.74 Å². The summed E-state index contributed by atoms with van der Waals surface area (Å²) in [6.45, 7) is 6.16. The van der Waals surface area contributed by atoms with Crippen molar-refractivity contribution in [3.8, 4) is 0 Å². The Morgan fingerprint density at radius 2 is 1.85 bits per heavy atom. The van der Waals surface area contributed by atoms with E-state index in [1.807, 2.05) is 0 Å². The predicted molar refractivity (Wildman–Crippen MR) is 72.2 cm³/mol. The van der Waals surface area contributed by atoms with Crippen molar-refractivity contribution in [2.45, 2.75) is 57.6 Å². The molecule has 2 amide bonds. The zero-order valence-electron chi connectivity index (χ0n) is 12.3. The molecule has 1 N–H and O–H groups in total. The molecule has 20 heavy (non-hydrogen) atoms. The molecule has 0 atom stereocenters. The van der Waals surface area contributed by atoms with Crippen molar-refractivity contribution < 1.29 is 19.1 Å². The zero-order valence-corrected chi connectivity index (χ0v) is 12.3. The van der Waals surface area contributed by atoms with Gasteiger partial charge in [-0.15, -0.1) is 0 Å². The highest BCUT2D eigenvalue weighted by atomic mass is 16.6. The third-order valence-corrected chi connectivity index (χ3v) is 3.73. The number of ether oxygens (including phenoxy) is 1. The molecule has 1 aliphatic heterocycles. The molecule has 2 fully saturated rings. The lowest BCUT2D eigenvalue weighted by atomic mass is 9.79. The summed E-state index contributed by atoms with van der Waals surface area (Å²) in [5.41, 5.74) is -1.39. The van der Waals surface area contributed by atoms with Gasteiger partial charge in [-0.3, -0.25) is 9.59 Å². The van der Waals surface area contributed by atoms with E-state index in [0.717, 1.165) is 0 Å². The Morgan fingerprint density at radius 3 is 2.40 bits per heavy atom. The molecule has 1 aliphatic carbocycles. The second kappa shape index (κ2) is 5.16. The second-order valence-electron chi connectivity index (χ2n) is 6.48. The number of carbonyl (C=O) groups is 3. The Hall–Kier alpha value is -1.43. The maximum Gasteiger partial charge on any atom is 0.417 e. The Balaban J connectivity index is 2.11. The molecule has 0 aromatic rings. The molecular formula is C14H22N2O4. The topological polar surface area (TPSA) is 75.7 Å². The molecule has 112 valence electrons. The van der Waals surface area contributed by atoms with Crippen LogP contribution in [0.5, 0.6) is 0 Å². The molecule has 2 rings (SSSR count). The minimum Gasteiger partial charge on any atom is -0.443 e. The van der Waals surface area contributed by atoms with Gasteiger partial charge < -0.3 is 10.1 Å². The van der Waals surface area contributed by atoms with E-state index in [2.05, 4.69) is 5.32 Å². The average molecular weight is 282 g/mol. The van der Waals surface area contributed by atoms with Crippen LogP contribution in [0.2, 0.25) is 0 Å². The zero-order chi connectivity index (χ0) is 15.0. The number of nitrogens with zero attached hydrogens (tertiary/aromatic N) is 1. The van der Waals surface area contributed by atoms with E-state index in [1.165, 1.54) is 4.90 Å². The Morgan fingerprint density at radius 1 is 1.25 bits per heavy atom. The minimum atomic E-state index is -0.761. The summed E-state index contributed by atoms with van der Waals surface area (Å²) in [6.07, 6.45) is 1.11. The highest BCUT2D eigenvalue weighted by Gasteiger charge is 2.48. The average Bonchev–Trinajstić information content (AvgIpc) is 2.34. The summed E-state index contributed by atoms with van der Waals surface area (Å²) in [6, 6.07) is 0. The Kier molecular flexibility index (Phi) is 3.86. The summed E-state index contributed by atoms with van der Waals surface area (Å²) in [5.74, 6) is -0.0786. The molecule has 1 saturated heterocycles. The van der Waals surface area contributed by atoms with Crippen LogP contribution in [0.15, 0.2) is 0 Å². The highest BCUT2D eigenvalue weighted by molar-refractivity contribution is 5.99. The van der Waals surface area contributed by atoms with E-state index in [-0.39, 0.29) is 11.7 Å². The van der Waals surface area contributed by atoms with Gasteiger partial charge >= 0.3 is 6.09 Å². The third-order valence-electron chi connectivity index (χ3n) is 3.73. The quantitative estimate of drug-likeness (QED) is 0.723. The number of piperazine rings is 1. The molecule has 1 saturated carbocycles. The summed E-state index contributed by atoms with van der Waals surface area (Å²) in [7, 11) is 0. The van der Waals surface area contributed by atoms with E-state index < -0.39 is 17.2 Å². The minimum absolute atomic E-state index is 0.180. The normalized spacial score (nSPS) is 23.1. The number of imide groups is 1. The van der Waals surface area contributed by atoms with Gasteiger partial charge in [0.05, 0.1) is 5.54 Å². The summed E-state index contributed by atoms with van der Waals surface area (Å²) in [4.78, 5) is 37.2. The van der Waals surface area contributed by atoms with Gasteiger partial charge in [0.2, 0.25) is 0 Å². The molecule has 1 heterocycles. The van der Waals surface area contributed by atoms with Crippen LogP contribution in [0.1, 0.15) is 46.5 Å². The van der Waals surface area contributed by atoms with Gasteiger partial charge in [-0.25, -0.2) is 9.69 Å². The monoisotopic (exact) mass is 282 g/mol. The van der Waals surface area contributed by atoms with Crippen molar-refractivity contribution >= 4 is 17.8 Å².